The zero-order valence-corrected chi connectivity index (χ0v) is 13.2. The van der Waals surface area contributed by atoms with E-state index < -0.39 is 0 Å². The third kappa shape index (κ3) is 2.52. The minimum absolute atomic E-state index is 0.550. The van der Waals surface area contributed by atoms with E-state index in [0.29, 0.717) is 17.8 Å². The van der Waals surface area contributed by atoms with Crippen LogP contribution in [0.1, 0.15) is 44.7 Å². The molecular formula is C18H25NO. The quantitative estimate of drug-likeness (QED) is 0.712. The zero-order chi connectivity index (χ0) is 14.7. The Kier molecular flexibility index (Phi) is 4.64. The molecule has 0 amide bonds. The Labute approximate surface area is 122 Å². The van der Waals surface area contributed by atoms with Crippen molar-refractivity contribution < 1.29 is 4.74 Å². The summed E-state index contributed by atoms with van der Waals surface area (Å²) in [4.78, 5) is 4.50. The van der Waals surface area contributed by atoms with Crippen molar-refractivity contribution in [2.75, 3.05) is 6.61 Å². The van der Waals surface area contributed by atoms with Crippen molar-refractivity contribution in [3.63, 3.8) is 0 Å². The number of hydrogen-bond donors (Lipinski definition) is 0. The molecule has 1 saturated carbocycles. The third-order valence-corrected chi connectivity index (χ3v) is 4.04. The van der Waals surface area contributed by atoms with Gasteiger partial charge in [0.25, 0.3) is 0 Å². The molecule has 1 aliphatic carbocycles. The molecule has 3 unspecified atom stereocenters. The maximum Gasteiger partial charge on any atom is 0.122 e. The van der Waals surface area contributed by atoms with E-state index in [-0.39, 0.29) is 0 Å². The summed E-state index contributed by atoms with van der Waals surface area (Å²) in [6, 6.07) is 6.50. The number of allylic oxidation sites excluding steroid dienone is 2. The predicted octanol–water partition coefficient (Wildman–Crippen LogP) is 4.74. The second-order valence-corrected chi connectivity index (χ2v) is 5.17. The first-order chi connectivity index (χ1) is 9.76. The fourth-order valence-corrected chi connectivity index (χ4v) is 3.16. The summed E-state index contributed by atoms with van der Waals surface area (Å²) in [5.41, 5.74) is 3.90. The molecule has 2 aliphatic rings. The van der Waals surface area contributed by atoms with Crippen molar-refractivity contribution in [3.05, 3.63) is 41.1 Å². The molecule has 0 saturated heterocycles. The molecular weight excluding hydrogens is 246 g/mol. The van der Waals surface area contributed by atoms with Crippen LogP contribution in [-0.4, -0.2) is 12.8 Å². The van der Waals surface area contributed by atoms with Crippen molar-refractivity contribution in [1.29, 1.82) is 0 Å². The molecule has 0 radical (unpaired) electrons. The molecule has 1 aromatic carbocycles. The van der Waals surface area contributed by atoms with Crippen LogP contribution in [0, 0.1) is 18.8 Å². The van der Waals surface area contributed by atoms with Gasteiger partial charge in [0.2, 0.25) is 0 Å². The highest BCUT2D eigenvalue weighted by Crippen LogP contribution is 2.62. The summed E-state index contributed by atoms with van der Waals surface area (Å²) in [5, 5.41) is 0. The number of aliphatic imine (C=N–C) groups is 1. The molecule has 0 spiro atoms. The van der Waals surface area contributed by atoms with Crippen LogP contribution in [-0.2, 0) is 0 Å². The normalized spacial score (nSPS) is 27.1. The second kappa shape index (κ2) is 6.25. The topological polar surface area (TPSA) is 21.6 Å². The van der Waals surface area contributed by atoms with Gasteiger partial charge in [-0.3, -0.25) is 4.99 Å². The zero-order valence-electron chi connectivity index (χ0n) is 13.2. The molecule has 2 nitrogen and oxygen atoms in total. The molecule has 1 heterocycles. The number of benzene rings is 1. The SMILES string of the molecule is CC.CC=N/C(=C\C)C1C2COc3ccc(C)cc3C21. The number of rotatable bonds is 2. The van der Waals surface area contributed by atoms with E-state index in [9.17, 15) is 0 Å². The van der Waals surface area contributed by atoms with Gasteiger partial charge in [0.1, 0.15) is 5.75 Å². The van der Waals surface area contributed by atoms with Crippen molar-refractivity contribution in [3.8, 4) is 5.75 Å². The van der Waals surface area contributed by atoms with E-state index in [4.69, 9.17) is 4.74 Å². The van der Waals surface area contributed by atoms with E-state index >= 15 is 0 Å². The molecule has 3 rings (SSSR count). The minimum atomic E-state index is 0.550. The molecule has 1 fully saturated rings. The Hall–Kier alpha value is -1.57. The fourth-order valence-electron chi connectivity index (χ4n) is 3.16. The van der Waals surface area contributed by atoms with Crippen LogP contribution >= 0.6 is 0 Å². The van der Waals surface area contributed by atoms with E-state index in [0.717, 1.165) is 12.4 Å². The lowest BCUT2D eigenvalue weighted by atomic mass is 10.0. The Morgan fingerprint density at radius 2 is 2.05 bits per heavy atom. The minimum Gasteiger partial charge on any atom is -0.493 e. The maximum atomic E-state index is 5.86. The van der Waals surface area contributed by atoms with Crippen LogP contribution in [0.25, 0.3) is 0 Å². The van der Waals surface area contributed by atoms with Gasteiger partial charge in [-0.05, 0) is 32.4 Å². The van der Waals surface area contributed by atoms with E-state index in [1.807, 2.05) is 27.0 Å². The van der Waals surface area contributed by atoms with Gasteiger partial charge in [0.15, 0.2) is 0 Å². The first-order valence-electron chi connectivity index (χ1n) is 7.64. The van der Waals surface area contributed by atoms with E-state index in [1.165, 1.54) is 16.8 Å². The third-order valence-electron chi connectivity index (χ3n) is 4.04. The molecule has 1 aromatic rings. The Morgan fingerprint density at radius 3 is 2.70 bits per heavy atom. The average molecular weight is 271 g/mol. The molecule has 0 N–H and O–H groups in total. The van der Waals surface area contributed by atoms with Gasteiger partial charge in [-0.1, -0.05) is 37.6 Å². The second-order valence-electron chi connectivity index (χ2n) is 5.17. The van der Waals surface area contributed by atoms with Crippen molar-refractivity contribution >= 4 is 6.21 Å². The molecule has 20 heavy (non-hydrogen) atoms. The average Bonchev–Trinajstić information content (AvgIpc) is 3.21. The Balaban J connectivity index is 0.000000704. The lowest BCUT2D eigenvalue weighted by Gasteiger charge is -2.16. The van der Waals surface area contributed by atoms with Gasteiger partial charge in [-0.25, -0.2) is 0 Å². The van der Waals surface area contributed by atoms with Crippen LogP contribution in [0.5, 0.6) is 5.75 Å². The lowest BCUT2D eigenvalue weighted by molar-refractivity contribution is 0.276. The smallest absolute Gasteiger partial charge is 0.122 e. The number of aryl methyl sites for hydroxylation is 1. The highest BCUT2D eigenvalue weighted by molar-refractivity contribution is 5.57. The summed E-state index contributed by atoms with van der Waals surface area (Å²) in [6.07, 6.45) is 4.02. The van der Waals surface area contributed by atoms with Crippen LogP contribution in [0.15, 0.2) is 35.0 Å². The Morgan fingerprint density at radius 1 is 1.30 bits per heavy atom. The van der Waals surface area contributed by atoms with Crippen LogP contribution in [0.4, 0.5) is 0 Å². The first kappa shape index (κ1) is 14.8. The standard InChI is InChI=1S/C16H19NO.C2H6/c1-4-13(17-5-2)16-12-9-18-14-7-6-10(3)8-11(14)15(12)16;1-2/h4-8,12,15-16H,9H2,1-3H3;1-2H3/b13-4-,17-5?;. The monoisotopic (exact) mass is 271 g/mol. The summed E-state index contributed by atoms with van der Waals surface area (Å²) < 4.78 is 5.86. The van der Waals surface area contributed by atoms with Gasteiger partial charge < -0.3 is 4.74 Å². The maximum absolute atomic E-state index is 5.86. The fraction of sp³-hybridized carbons (Fsp3) is 0.500. The van der Waals surface area contributed by atoms with Gasteiger partial charge in [-0.2, -0.15) is 0 Å². The Bertz CT molecular complexity index is 530. The molecule has 0 bridgehead atoms. The van der Waals surface area contributed by atoms with Crippen LogP contribution in [0.2, 0.25) is 0 Å². The molecule has 0 aromatic heterocycles. The van der Waals surface area contributed by atoms with Gasteiger partial charge >= 0.3 is 0 Å². The summed E-state index contributed by atoms with van der Waals surface area (Å²) in [7, 11) is 0. The van der Waals surface area contributed by atoms with E-state index in [1.54, 1.807) is 0 Å². The molecule has 1 aliphatic heterocycles. The van der Waals surface area contributed by atoms with E-state index in [2.05, 4.69) is 43.1 Å². The summed E-state index contributed by atoms with van der Waals surface area (Å²) in [5.74, 6) is 2.85. The molecule has 108 valence electrons. The van der Waals surface area contributed by atoms with Crippen LogP contribution < -0.4 is 4.74 Å². The summed E-state index contributed by atoms with van der Waals surface area (Å²) >= 11 is 0. The predicted molar refractivity (Wildman–Crippen MR) is 85.7 cm³/mol. The lowest BCUT2D eigenvalue weighted by Crippen LogP contribution is -2.08. The molecule has 3 atom stereocenters. The van der Waals surface area contributed by atoms with Gasteiger partial charge in [0, 0.05) is 29.7 Å². The largest absolute Gasteiger partial charge is 0.493 e. The van der Waals surface area contributed by atoms with Crippen molar-refractivity contribution in [2.24, 2.45) is 16.8 Å². The van der Waals surface area contributed by atoms with Gasteiger partial charge in [0.05, 0.1) is 6.61 Å². The number of hydrogen-bond acceptors (Lipinski definition) is 2. The number of ether oxygens (including phenoxy) is 1. The highest BCUT2D eigenvalue weighted by atomic mass is 16.5. The number of fused-ring (bicyclic) bond motifs is 3. The number of nitrogens with zero attached hydrogens (tertiary/aromatic N) is 1. The van der Waals surface area contributed by atoms with Crippen molar-refractivity contribution in [1.82, 2.24) is 0 Å². The molecule has 2 heteroatoms. The summed E-state index contributed by atoms with van der Waals surface area (Å²) in [6.45, 7) is 11.0. The highest BCUT2D eigenvalue weighted by Gasteiger charge is 2.56. The van der Waals surface area contributed by atoms with Crippen LogP contribution in [0.3, 0.4) is 0 Å². The first-order valence-corrected chi connectivity index (χ1v) is 7.64. The van der Waals surface area contributed by atoms with Crippen molar-refractivity contribution in [2.45, 2.75) is 40.5 Å². The van der Waals surface area contributed by atoms with Gasteiger partial charge in [-0.15, -0.1) is 0 Å².